The molecule has 0 aromatic rings. The van der Waals surface area contributed by atoms with Crippen molar-refractivity contribution in [2.24, 2.45) is 28.9 Å². The van der Waals surface area contributed by atoms with Crippen LogP contribution in [-0.2, 0) is 4.79 Å². The quantitative estimate of drug-likeness (QED) is 0.783. The Morgan fingerprint density at radius 2 is 1.71 bits per heavy atom. The van der Waals surface area contributed by atoms with Crippen molar-refractivity contribution < 1.29 is 4.79 Å². The second kappa shape index (κ2) is 3.98. The molecular formula is C14H24N2O. The molecule has 0 heterocycles. The minimum atomic E-state index is -0.0157. The summed E-state index contributed by atoms with van der Waals surface area (Å²) in [5, 5.41) is 3.12. The lowest BCUT2D eigenvalue weighted by atomic mass is 9.49. The first-order chi connectivity index (χ1) is 8.11. The zero-order valence-corrected chi connectivity index (χ0v) is 10.7. The predicted molar refractivity (Wildman–Crippen MR) is 67.3 cm³/mol. The van der Waals surface area contributed by atoms with Gasteiger partial charge in [0, 0.05) is 18.0 Å². The molecule has 0 saturated heterocycles. The maximum atomic E-state index is 12.5. The smallest absolute Gasteiger partial charge is 0.226 e. The first kappa shape index (κ1) is 11.5. The summed E-state index contributed by atoms with van der Waals surface area (Å²) >= 11 is 0. The molecule has 0 spiro atoms. The highest BCUT2D eigenvalue weighted by atomic mass is 16.2. The molecule has 3 nitrogen and oxygen atoms in total. The van der Waals surface area contributed by atoms with Gasteiger partial charge in [0.05, 0.1) is 0 Å². The van der Waals surface area contributed by atoms with Gasteiger partial charge >= 0.3 is 0 Å². The molecule has 4 fully saturated rings. The highest BCUT2D eigenvalue weighted by Gasteiger charge is 2.54. The first-order valence-corrected chi connectivity index (χ1v) is 7.12. The predicted octanol–water partition coefficient (Wildman–Crippen LogP) is 1.67. The first-order valence-electron chi connectivity index (χ1n) is 7.12. The molecule has 0 radical (unpaired) electrons. The van der Waals surface area contributed by atoms with E-state index >= 15 is 0 Å². The van der Waals surface area contributed by atoms with Crippen molar-refractivity contribution in [2.45, 2.75) is 51.5 Å². The summed E-state index contributed by atoms with van der Waals surface area (Å²) in [4.78, 5) is 12.5. The van der Waals surface area contributed by atoms with Crippen LogP contribution in [0.2, 0.25) is 0 Å². The van der Waals surface area contributed by atoms with Gasteiger partial charge in [-0.2, -0.15) is 0 Å². The monoisotopic (exact) mass is 236 g/mol. The van der Waals surface area contributed by atoms with Crippen LogP contribution in [0, 0.1) is 23.2 Å². The summed E-state index contributed by atoms with van der Waals surface area (Å²) in [6.45, 7) is 2.54. The van der Waals surface area contributed by atoms with Crippen LogP contribution in [0.15, 0.2) is 0 Å². The number of amides is 1. The summed E-state index contributed by atoms with van der Waals surface area (Å²) in [5.74, 6) is 2.80. The molecule has 4 bridgehead atoms. The Balaban J connectivity index is 1.75. The van der Waals surface area contributed by atoms with Gasteiger partial charge in [0.25, 0.3) is 0 Å². The van der Waals surface area contributed by atoms with Gasteiger partial charge < -0.3 is 11.1 Å². The molecule has 96 valence electrons. The molecule has 4 aliphatic rings. The van der Waals surface area contributed by atoms with Crippen LogP contribution >= 0.6 is 0 Å². The summed E-state index contributed by atoms with van der Waals surface area (Å²) in [7, 11) is 0. The average Bonchev–Trinajstić information content (AvgIpc) is 2.26. The van der Waals surface area contributed by atoms with Crippen molar-refractivity contribution in [3.8, 4) is 0 Å². The Hall–Kier alpha value is -0.570. The molecule has 3 heteroatoms. The van der Waals surface area contributed by atoms with E-state index in [9.17, 15) is 4.79 Å². The van der Waals surface area contributed by atoms with E-state index in [1.54, 1.807) is 0 Å². The molecule has 4 aliphatic carbocycles. The van der Waals surface area contributed by atoms with E-state index in [0.29, 0.717) is 12.5 Å². The standard InChI is InChI=1S/C14H24N2O/c1-9(8-15)16-13(17)14-5-10-2-11(6-14)4-12(3-10)7-14/h9-12H,2-8,15H2,1H3,(H,16,17)/t9-,10?,11?,12?,14?/m0/s1. The Morgan fingerprint density at radius 1 is 1.24 bits per heavy atom. The number of nitrogens with one attached hydrogen (secondary N) is 1. The van der Waals surface area contributed by atoms with Crippen LogP contribution in [-0.4, -0.2) is 18.5 Å². The number of carbonyl (C=O) groups excluding carboxylic acids is 1. The molecular weight excluding hydrogens is 212 g/mol. The Kier molecular flexibility index (Phi) is 2.69. The molecule has 17 heavy (non-hydrogen) atoms. The number of hydrogen-bond acceptors (Lipinski definition) is 2. The molecule has 1 atom stereocenters. The van der Waals surface area contributed by atoms with E-state index in [2.05, 4.69) is 5.32 Å². The molecule has 0 aliphatic heterocycles. The van der Waals surface area contributed by atoms with Crippen LogP contribution in [0.4, 0.5) is 0 Å². The molecule has 1 amide bonds. The number of nitrogens with two attached hydrogens (primary N) is 1. The van der Waals surface area contributed by atoms with E-state index in [1.807, 2.05) is 6.92 Å². The lowest BCUT2D eigenvalue weighted by molar-refractivity contribution is -0.146. The number of carbonyl (C=O) groups is 1. The van der Waals surface area contributed by atoms with Crippen LogP contribution in [0.5, 0.6) is 0 Å². The van der Waals surface area contributed by atoms with Gasteiger partial charge in [0.2, 0.25) is 5.91 Å². The van der Waals surface area contributed by atoms with Crippen LogP contribution in [0.3, 0.4) is 0 Å². The maximum Gasteiger partial charge on any atom is 0.226 e. The molecule has 4 saturated carbocycles. The summed E-state index contributed by atoms with van der Waals surface area (Å²) in [6, 6.07) is 0.121. The number of rotatable bonds is 3. The normalized spacial score (nSPS) is 44.7. The summed E-state index contributed by atoms with van der Waals surface area (Å²) in [5.41, 5.74) is 5.58. The van der Waals surface area contributed by atoms with Crippen molar-refractivity contribution in [1.29, 1.82) is 0 Å². The Bertz CT molecular complexity index is 291. The van der Waals surface area contributed by atoms with E-state index < -0.39 is 0 Å². The second-order valence-electron chi connectivity index (χ2n) is 6.81. The molecule has 0 unspecified atom stereocenters. The molecule has 3 N–H and O–H groups in total. The number of hydrogen-bond donors (Lipinski definition) is 2. The lowest BCUT2D eigenvalue weighted by Gasteiger charge is -2.55. The molecule has 4 rings (SSSR count). The van der Waals surface area contributed by atoms with Crippen molar-refractivity contribution in [3.63, 3.8) is 0 Å². The van der Waals surface area contributed by atoms with E-state index in [-0.39, 0.29) is 11.5 Å². The van der Waals surface area contributed by atoms with Gasteiger partial charge in [0.1, 0.15) is 0 Å². The Morgan fingerprint density at radius 3 is 2.12 bits per heavy atom. The largest absolute Gasteiger partial charge is 0.352 e. The fourth-order valence-corrected chi connectivity index (χ4v) is 4.82. The van der Waals surface area contributed by atoms with E-state index in [4.69, 9.17) is 5.73 Å². The molecule has 0 aromatic heterocycles. The SMILES string of the molecule is C[C@@H](CN)NC(=O)C12CC3CC(CC(C3)C1)C2. The van der Waals surface area contributed by atoms with Crippen molar-refractivity contribution in [2.75, 3.05) is 6.54 Å². The van der Waals surface area contributed by atoms with E-state index in [0.717, 1.165) is 37.0 Å². The minimum Gasteiger partial charge on any atom is -0.352 e. The van der Waals surface area contributed by atoms with Gasteiger partial charge in [-0.25, -0.2) is 0 Å². The topological polar surface area (TPSA) is 55.1 Å². The van der Waals surface area contributed by atoms with Crippen LogP contribution < -0.4 is 11.1 Å². The minimum absolute atomic E-state index is 0.0157. The zero-order chi connectivity index (χ0) is 12.0. The summed E-state index contributed by atoms with van der Waals surface area (Å²) in [6.07, 6.45) is 7.59. The van der Waals surface area contributed by atoms with E-state index in [1.165, 1.54) is 19.3 Å². The van der Waals surface area contributed by atoms with Gasteiger partial charge in [-0.15, -0.1) is 0 Å². The van der Waals surface area contributed by atoms with Crippen molar-refractivity contribution >= 4 is 5.91 Å². The third-order valence-corrected chi connectivity index (χ3v) is 5.25. The third-order valence-electron chi connectivity index (χ3n) is 5.25. The van der Waals surface area contributed by atoms with Gasteiger partial charge in [0.15, 0.2) is 0 Å². The highest BCUT2D eigenvalue weighted by molar-refractivity contribution is 5.83. The van der Waals surface area contributed by atoms with Gasteiger partial charge in [-0.3, -0.25) is 4.79 Å². The van der Waals surface area contributed by atoms with Gasteiger partial charge in [-0.1, -0.05) is 0 Å². The van der Waals surface area contributed by atoms with Crippen LogP contribution in [0.1, 0.15) is 45.4 Å². The van der Waals surface area contributed by atoms with Crippen LogP contribution in [0.25, 0.3) is 0 Å². The Labute approximate surface area is 104 Å². The zero-order valence-electron chi connectivity index (χ0n) is 10.7. The van der Waals surface area contributed by atoms with Crippen molar-refractivity contribution in [1.82, 2.24) is 5.32 Å². The lowest BCUT2D eigenvalue weighted by Crippen LogP contribution is -2.55. The fraction of sp³-hybridized carbons (Fsp3) is 0.929. The molecule has 0 aromatic carbocycles. The second-order valence-corrected chi connectivity index (χ2v) is 6.81. The average molecular weight is 236 g/mol. The maximum absolute atomic E-state index is 12.5. The summed E-state index contributed by atoms with van der Waals surface area (Å²) < 4.78 is 0. The fourth-order valence-electron chi connectivity index (χ4n) is 4.82. The highest BCUT2D eigenvalue weighted by Crippen LogP contribution is 2.60. The van der Waals surface area contributed by atoms with Gasteiger partial charge in [-0.05, 0) is 63.2 Å². The third kappa shape index (κ3) is 1.88. The van der Waals surface area contributed by atoms with Crippen molar-refractivity contribution in [3.05, 3.63) is 0 Å².